The van der Waals surface area contributed by atoms with Crippen molar-refractivity contribution in [3.8, 4) is 0 Å². The smallest absolute Gasteiger partial charge is 0.251 e. The molecule has 1 heterocycles. The van der Waals surface area contributed by atoms with E-state index in [0.29, 0.717) is 12.1 Å². The maximum atomic E-state index is 12.1. The minimum atomic E-state index is -0.0859. The second-order valence-electron chi connectivity index (χ2n) is 4.87. The van der Waals surface area contributed by atoms with E-state index in [1.165, 1.54) is 0 Å². The Morgan fingerprint density at radius 1 is 1.29 bits per heavy atom. The van der Waals surface area contributed by atoms with Gasteiger partial charge in [-0.3, -0.25) is 4.79 Å². The summed E-state index contributed by atoms with van der Waals surface area (Å²) in [6.45, 7) is 2.41. The molecule has 3 rings (SSSR count). The van der Waals surface area contributed by atoms with Crippen molar-refractivity contribution in [2.24, 2.45) is 0 Å². The van der Waals surface area contributed by atoms with E-state index in [0.717, 1.165) is 26.9 Å². The molecule has 0 radical (unpaired) electrons. The number of imidazole rings is 1. The molecule has 0 atom stereocenters. The van der Waals surface area contributed by atoms with Crippen molar-refractivity contribution in [1.82, 2.24) is 15.3 Å². The third-order valence-corrected chi connectivity index (χ3v) is 3.70. The lowest BCUT2D eigenvalue weighted by atomic mass is 10.2. The van der Waals surface area contributed by atoms with Crippen molar-refractivity contribution < 1.29 is 4.79 Å². The summed E-state index contributed by atoms with van der Waals surface area (Å²) >= 11 is 3.36. The molecule has 0 unspecified atom stereocenters. The minimum Gasteiger partial charge on any atom is -0.348 e. The van der Waals surface area contributed by atoms with Gasteiger partial charge in [-0.2, -0.15) is 0 Å². The topological polar surface area (TPSA) is 57.8 Å². The van der Waals surface area contributed by atoms with E-state index >= 15 is 0 Å². The van der Waals surface area contributed by atoms with Crippen LogP contribution in [0.2, 0.25) is 0 Å². The van der Waals surface area contributed by atoms with Crippen LogP contribution >= 0.6 is 15.9 Å². The predicted octanol–water partition coefficient (Wildman–Crippen LogP) is 3.56. The number of aryl methyl sites for hydroxylation is 1. The zero-order valence-corrected chi connectivity index (χ0v) is 13.1. The number of nitrogens with one attached hydrogen (secondary N) is 2. The first-order valence-electron chi connectivity index (χ1n) is 6.61. The predicted molar refractivity (Wildman–Crippen MR) is 86.1 cm³/mol. The highest BCUT2D eigenvalue weighted by Crippen LogP contribution is 2.14. The molecular formula is C16H14BrN3O. The molecule has 1 amide bonds. The van der Waals surface area contributed by atoms with Crippen molar-refractivity contribution in [3.05, 3.63) is 63.9 Å². The van der Waals surface area contributed by atoms with Gasteiger partial charge in [0, 0.05) is 16.6 Å². The van der Waals surface area contributed by atoms with Crippen LogP contribution in [0.5, 0.6) is 0 Å². The molecule has 0 saturated carbocycles. The number of fused-ring (bicyclic) bond motifs is 1. The third-order valence-electron chi connectivity index (χ3n) is 3.20. The number of hydrogen-bond acceptors (Lipinski definition) is 2. The van der Waals surface area contributed by atoms with Gasteiger partial charge in [0.05, 0.1) is 11.0 Å². The van der Waals surface area contributed by atoms with Crippen LogP contribution in [0.3, 0.4) is 0 Å². The molecular weight excluding hydrogens is 330 g/mol. The first-order chi connectivity index (χ1) is 10.1. The lowest BCUT2D eigenvalue weighted by Gasteiger charge is -2.06. The van der Waals surface area contributed by atoms with Crippen LogP contribution in [0.25, 0.3) is 11.0 Å². The summed E-state index contributed by atoms with van der Waals surface area (Å²) in [5.41, 5.74) is 3.61. The summed E-state index contributed by atoms with van der Waals surface area (Å²) in [6, 6.07) is 13.3. The molecule has 0 aliphatic carbocycles. The number of aromatic nitrogens is 2. The Morgan fingerprint density at radius 2 is 2.14 bits per heavy atom. The van der Waals surface area contributed by atoms with Crippen molar-refractivity contribution in [2.75, 3.05) is 0 Å². The Bertz CT molecular complexity index is 810. The van der Waals surface area contributed by atoms with Crippen LogP contribution < -0.4 is 5.32 Å². The van der Waals surface area contributed by atoms with Gasteiger partial charge >= 0.3 is 0 Å². The molecule has 0 saturated heterocycles. The third kappa shape index (κ3) is 3.13. The number of hydrogen-bond donors (Lipinski definition) is 2. The number of H-pyrrole nitrogens is 1. The Morgan fingerprint density at radius 3 is 2.95 bits per heavy atom. The van der Waals surface area contributed by atoms with Crippen molar-refractivity contribution in [2.45, 2.75) is 13.5 Å². The van der Waals surface area contributed by atoms with Gasteiger partial charge in [0.2, 0.25) is 0 Å². The second kappa shape index (κ2) is 5.69. The number of carbonyl (C=O) groups excluding carboxylic acids is 1. The van der Waals surface area contributed by atoms with E-state index in [4.69, 9.17) is 0 Å². The lowest BCUT2D eigenvalue weighted by molar-refractivity contribution is 0.0951. The van der Waals surface area contributed by atoms with Crippen LogP contribution in [0, 0.1) is 6.92 Å². The summed E-state index contributed by atoms with van der Waals surface area (Å²) in [5.74, 6) is 0.803. The molecule has 21 heavy (non-hydrogen) atoms. The normalized spacial score (nSPS) is 10.8. The molecule has 0 aliphatic heterocycles. The van der Waals surface area contributed by atoms with E-state index in [1.54, 1.807) is 12.1 Å². The molecule has 2 aromatic carbocycles. The maximum absolute atomic E-state index is 12.1. The standard InChI is InChI=1S/C16H14BrN3O/c1-10-19-14-6-5-11(7-15(14)20-10)9-18-16(21)12-3-2-4-13(17)8-12/h2-8H,9H2,1H3,(H,18,21)(H,19,20). The van der Waals surface area contributed by atoms with E-state index in [-0.39, 0.29) is 5.91 Å². The Labute approximate surface area is 130 Å². The summed E-state index contributed by atoms with van der Waals surface area (Å²) in [7, 11) is 0. The van der Waals surface area contributed by atoms with Gasteiger partial charge in [0.1, 0.15) is 5.82 Å². The molecule has 106 valence electrons. The molecule has 0 spiro atoms. The van der Waals surface area contributed by atoms with Crippen molar-refractivity contribution >= 4 is 32.9 Å². The molecule has 0 fully saturated rings. The molecule has 1 aromatic heterocycles. The fourth-order valence-corrected chi connectivity index (χ4v) is 2.61. The molecule has 2 N–H and O–H groups in total. The molecule has 4 nitrogen and oxygen atoms in total. The van der Waals surface area contributed by atoms with Gasteiger partial charge in [-0.1, -0.05) is 28.1 Å². The highest BCUT2D eigenvalue weighted by Gasteiger charge is 2.06. The first-order valence-corrected chi connectivity index (χ1v) is 7.40. The van der Waals surface area contributed by atoms with Crippen LogP contribution in [0.15, 0.2) is 46.9 Å². The number of amides is 1. The maximum Gasteiger partial charge on any atom is 0.251 e. The number of halogens is 1. The Balaban J connectivity index is 1.72. The van der Waals surface area contributed by atoms with Crippen LogP contribution in [0.1, 0.15) is 21.7 Å². The van der Waals surface area contributed by atoms with Gasteiger partial charge in [-0.15, -0.1) is 0 Å². The Kier molecular flexibility index (Phi) is 3.75. The van der Waals surface area contributed by atoms with E-state index in [1.807, 2.05) is 37.3 Å². The Hall–Kier alpha value is -2.14. The van der Waals surface area contributed by atoms with Crippen LogP contribution in [-0.4, -0.2) is 15.9 Å². The molecule has 3 aromatic rings. The average molecular weight is 344 g/mol. The molecule has 5 heteroatoms. The largest absolute Gasteiger partial charge is 0.348 e. The monoisotopic (exact) mass is 343 g/mol. The summed E-state index contributed by atoms with van der Waals surface area (Å²) < 4.78 is 0.893. The average Bonchev–Trinajstić information content (AvgIpc) is 2.84. The molecule has 0 aliphatic rings. The van der Waals surface area contributed by atoms with Gasteiger partial charge < -0.3 is 10.3 Å². The highest BCUT2D eigenvalue weighted by molar-refractivity contribution is 9.10. The number of nitrogens with zero attached hydrogens (tertiary/aromatic N) is 1. The first kappa shape index (κ1) is 13.8. The summed E-state index contributed by atoms with van der Waals surface area (Å²) in [6.07, 6.45) is 0. The number of carbonyl (C=O) groups is 1. The highest BCUT2D eigenvalue weighted by atomic mass is 79.9. The fourth-order valence-electron chi connectivity index (χ4n) is 2.21. The number of rotatable bonds is 3. The van der Waals surface area contributed by atoms with Crippen molar-refractivity contribution in [1.29, 1.82) is 0 Å². The minimum absolute atomic E-state index is 0.0859. The van der Waals surface area contributed by atoms with Gasteiger partial charge in [-0.05, 0) is 42.8 Å². The lowest BCUT2D eigenvalue weighted by Crippen LogP contribution is -2.22. The molecule has 0 bridgehead atoms. The quantitative estimate of drug-likeness (QED) is 0.763. The number of aromatic amines is 1. The van der Waals surface area contributed by atoms with E-state index in [2.05, 4.69) is 31.2 Å². The van der Waals surface area contributed by atoms with Gasteiger partial charge in [0.25, 0.3) is 5.91 Å². The van der Waals surface area contributed by atoms with Gasteiger partial charge in [0.15, 0.2) is 0 Å². The van der Waals surface area contributed by atoms with Crippen LogP contribution in [0.4, 0.5) is 0 Å². The van der Waals surface area contributed by atoms with Crippen LogP contribution in [-0.2, 0) is 6.54 Å². The zero-order chi connectivity index (χ0) is 14.8. The summed E-state index contributed by atoms with van der Waals surface area (Å²) in [4.78, 5) is 19.6. The van der Waals surface area contributed by atoms with Crippen molar-refractivity contribution in [3.63, 3.8) is 0 Å². The number of benzene rings is 2. The summed E-state index contributed by atoms with van der Waals surface area (Å²) in [5, 5.41) is 2.92. The second-order valence-corrected chi connectivity index (χ2v) is 5.78. The van der Waals surface area contributed by atoms with E-state index in [9.17, 15) is 4.79 Å². The zero-order valence-electron chi connectivity index (χ0n) is 11.5. The fraction of sp³-hybridized carbons (Fsp3) is 0.125. The SMILES string of the molecule is Cc1nc2ccc(CNC(=O)c3cccc(Br)c3)cc2[nH]1. The van der Waals surface area contributed by atoms with E-state index < -0.39 is 0 Å². The van der Waals surface area contributed by atoms with Gasteiger partial charge in [-0.25, -0.2) is 4.98 Å².